The van der Waals surface area contributed by atoms with Gasteiger partial charge in [0.1, 0.15) is 6.54 Å². The summed E-state index contributed by atoms with van der Waals surface area (Å²) < 4.78 is 0. The zero-order valence-electron chi connectivity index (χ0n) is 12.8. The summed E-state index contributed by atoms with van der Waals surface area (Å²) in [6, 6.07) is 18.9. The lowest BCUT2D eigenvalue weighted by atomic mass is 9.99. The van der Waals surface area contributed by atoms with Gasteiger partial charge in [0.15, 0.2) is 0 Å². The van der Waals surface area contributed by atoms with E-state index >= 15 is 0 Å². The highest BCUT2D eigenvalue weighted by Gasteiger charge is 2.32. The van der Waals surface area contributed by atoms with Crippen LogP contribution in [0.5, 0.6) is 0 Å². The van der Waals surface area contributed by atoms with E-state index in [-0.39, 0.29) is 24.3 Å². The summed E-state index contributed by atoms with van der Waals surface area (Å²) in [6.45, 7) is 0.560. The van der Waals surface area contributed by atoms with Gasteiger partial charge in [0, 0.05) is 18.9 Å². The Balaban J connectivity index is 1.64. The van der Waals surface area contributed by atoms with Gasteiger partial charge in [-0.2, -0.15) is 0 Å². The lowest BCUT2D eigenvalue weighted by molar-refractivity contribution is -0.132. The van der Waals surface area contributed by atoms with Crippen molar-refractivity contribution in [1.29, 1.82) is 0 Å². The molecule has 1 fully saturated rings. The smallest absolute Gasteiger partial charge is 0.260 e. The molecule has 2 N–H and O–H groups in total. The molecule has 5 nitrogen and oxygen atoms in total. The van der Waals surface area contributed by atoms with E-state index in [1.54, 1.807) is 17.0 Å². The van der Waals surface area contributed by atoms with Crippen LogP contribution in [0, 0.1) is 0 Å². The van der Waals surface area contributed by atoms with E-state index in [1.807, 2.05) is 48.5 Å². The van der Waals surface area contributed by atoms with E-state index in [0.717, 1.165) is 10.6 Å². The summed E-state index contributed by atoms with van der Waals surface area (Å²) in [5, 5.41) is 1.10. The van der Waals surface area contributed by atoms with E-state index in [4.69, 9.17) is 5.84 Å². The highest BCUT2D eigenvalue weighted by atomic mass is 16.2. The molecule has 1 heterocycles. The topological polar surface area (TPSA) is 66.6 Å². The molecule has 1 atom stereocenters. The van der Waals surface area contributed by atoms with Gasteiger partial charge in [0.25, 0.3) is 5.91 Å². The van der Waals surface area contributed by atoms with Crippen LogP contribution in [-0.2, 0) is 9.59 Å². The van der Waals surface area contributed by atoms with Crippen LogP contribution in [0.1, 0.15) is 17.9 Å². The molecular weight excluding hydrogens is 290 g/mol. The number of para-hydroxylation sites is 1. The van der Waals surface area contributed by atoms with Gasteiger partial charge < -0.3 is 4.90 Å². The number of carbonyl (C=O) groups excluding carboxylic acids is 2. The van der Waals surface area contributed by atoms with Crippen molar-refractivity contribution >= 4 is 17.5 Å². The number of nitrogens with two attached hydrogens (primary N) is 1. The SMILES string of the molecule is NN(C(=O)CN1CC(c2ccccc2)CC1=O)c1ccccc1. The molecule has 2 aromatic rings. The maximum absolute atomic E-state index is 12.3. The van der Waals surface area contributed by atoms with Gasteiger partial charge >= 0.3 is 0 Å². The second-order valence-corrected chi connectivity index (χ2v) is 5.69. The minimum atomic E-state index is -0.293. The normalized spacial score (nSPS) is 17.3. The van der Waals surface area contributed by atoms with E-state index in [0.29, 0.717) is 18.7 Å². The third kappa shape index (κ3) is 3.40. The summed E-state index contributed by atoms with van der Waals surface area (Å²) in [5.41, 5.74) is 1.74. The van der Waals surface area contributed by atoms with Gasteiger partial charge in [-0.1, -0.05) is 48.5 Å². The molecule has 0 bridgehead atoms. The van der Waals surface area contributed by atoms with E-state index in [9.17, 15) is 9.59 Å². The molecule has 1 aliphatic heterocycles. The first kappa shape index (κ1) is 15.2. The first-order chi connectivity index (χ1) is 11.1. The van der Waals surface area contributed by atoms with Crippen LogP contribution in [0.4, 0.5) is 5.69 Å². The summed E-state index contributed by atoms with van der Waals surface area (Å²) >= 11 is 0. The molecule has 23 heavy (non-hydrogen) atoms. The molecule has 0 aliphatic carbocycles. The average molecular weight is 309 g/mol. The molecule has 0 spiro atoms. The molecule has 5 heteroatoms. The second-order valence-electron chi connectivity index (χ2n) is 5.69. The quantitative estimate of drug-likeness (QED) is 0.533. The molecule has 1 unspecified atom stereocenters. The fourth-order valence-electron chi connectivity index (χ4n) is 2.85. The number of rotatable bonds is 4. The average Bonchev–Trinajstić information content (AvgIpc) is 2.96. The summed E-state index contributed by atoms with van der Waals surface area (Å²) in [4.78, 5) is 26.0. The molecule has 118 valence electrons. The molecule has 1 aliphatic rings. The van der Waals surface area contributed by atoms with Crippen molar-refractivity contribution in [2.24, 2.45) is 5.84 Å². The third-order valence-electron chi connectivity index (χ3n) is 4.11. The van der Waals surface area contributed by atoms with Gasteiger partial charge in [-0.15, -0.1) is 0 Å². The number of carbonyl (C=O) groups is 2. The van der Waals surface area contributed by atoms with Crippen LogP contribution >= 0.6 is 0 Å². The monoisotopic (exact) mass is 309 g/mol. The molecule has 2 amide bonds. The number of hydrazine groups is 1. The highest BCUT2D eigenvalue weighted by Crippen LogP contribution is 2.27. The zero-order chi connectivity index (χ0) is 16.2. The van der Waals surface area contributed by atoms with Gasteiger partial charge in [0.05, 0.1) is 5.69 Å². The fraction of sp³-hybridized carbons (Fsp3) is 0.222. The van der Waals surface area contributed by atoms with Gasteiger partial charge in [-0.3, -0.25) is 9.59 Å². The number of nitrogens with zero attached hydrogens (tertiary/aromatic N) is 2. The van der Waals surface area contributed by atoms with Crippen molar-refractivity contribution in [3.63, 3.8) is 0 Å². The Hall–Kier alpha value is -2.66. The number of anilines is 1. The Morgan fingerprint density at radius 2 is 1.70 bits per heavy atom. The minimum absolute atomic E-state index is 0.00587. The molecule has 1 saturated heterocycles. The van der Waals surface area contributed by atoms with Crippen molar-refractivity contribution in [2.75, 3.05) is 18.1 Å². The Labute approximate surface area is 135 Å². The first-order valence-electron chi connectivity index (χ1n) is 7.60. The molecule has 3 rings (SSSR count). The highest BCUT2D eigenvalue weighted by molar-refractivity contribution is 5.96. The Morgan fingerprint density at radius 1 is 1.09 bits per heavy atom. The standard InChI is InChI=1S/C18H19N3O2/c19-21(16-9-5-2-6-10-16)18(23)13-20-12-15(11-17(20)22)14-7-3-1-4-8-14/h1-10,15H,11-13,19H2. The molecule has 0 aromatic heterocycles. The van der Waals surface area contributed by atoms with Crippen molar-refractivity contribution in [3.8, 4) is 0 Å². The minimum Gasteiger partial charge on any atom is -0.333 e. The maximum Gasteiger partial charge on any atom is 0.260 e. The van der Waals surface area contributed by atoms with Crippen LogP contribution in [0.15, 0.2) is 60.7 Å². The van der Waals surface area contributed by atoms with Gasteiger partial charge in [0.2, 0.25) is 5.91 Å². The lowest BCUT2D eigenvalue weighted by Crippen LogP contribution is -2.45. The van der Waals surface area contributed by atoms with Crippen LogP contribution in [0.25, 0.3) is 0 Å². The molecule has 2 aromatic carbocycles. The van der Waals surface area contributed by atoms with Crippen LogP contribution < -0.4 is 10.9 Å². The van der Waals surface area contributed by atoms with Crippen LogP contribution in [0.3, 0.4) is 0 Å². The first-order valence-corrected chi connectivity index (χ1v) is 7.60. The number of hydrogen-bond acceptors (Lipinski definition) is 3. The molecule has 0 saturated carbocycles. The van der Waals surface area contributed by atoms with Crippen molar-refractivity contribution in [3.05, 3.63) is 66.2 Å². The number of hydrogen-bond donors (Lipinski definition) is 1. The lowest BCUT2D eigenvalue weighted by Gasteiger charge is -2.21. The Kier molecular flexibility index (Phi) is 4.39. The van der Waals surface area contributed by atoms with Crippen molar-refractivity contribution in [1.82, 2.24) is 4.90 Å². The predicted molar refractivity (Wildman–Crippen MR) is 88.5 cm³/mol. The summed E-state index contributed by atoms with van der Waals surface area (Å²) in [5.74, 6) is 5.69. The number of amides is 2. The third-order valence-corrected chi connectivity index (χ3v) is 4.11. The van der Waals surface area contributed by atoms with E-state index in [1.165, 1.54) is 0 Å². The van der Waals surface area contributed by atoms with Gasteiger partial charge in [-0.05, 0) is 17.7 Å². The largest absolute Gasteiger partial charge is 0.333 e. The van der Waals surface area contributed by atoms with Crippen molar-refractivity contribution < 1.29 is 9.59 Å². The van der Waals surface area contributed by atoms with E-state index < -0.39 is 0 Å². The van der Waals surface area contributed by atoms with Crippen LogP contribution in [0.2, 0.25) is 0 Å². The van der Waals surface area contributed by atoms with Crippen molar-refractivity contribution in [2.45, 2.75) is 12.3 Å². The summed E-state index contributed by atoms with van der Waals surface area (Å²) in [7, 11) is 0. The Bertz CT molecular complexity index is 688. The maximum atomic E-state index is 12.3. The second kappa shape index (κ2) is 6.62. The zero-order valence-corrected chi connectivity index (χ0v) is 12.8. The molecular formula is C18H19N3O2. The predicted octanol–water partition coefficient (Wildman–Crippen LogP) is 1.91. The van der Waals surface area contributed by atoms with E-state index in [2.05, 4.69) is 0 Å². The van der Waals surface area contributed by atoms with Gasteiger partial charge in [-0.25, -0.2) is 10.9 Å². The summed E-state index contributed by atoms with van der Waals surface area (Å²) in [6.07, 6.45) is 0.438. The number of likely N-dealkylation sites (tertiary alicyclic amines) is 1. The Morgan fingerprint density at radius 3 is 2.35 bits per heavy atom. The fourth-order valence-corrected chi connectivity index (χ4v) is 2.85. The van der Waals surface area contributed by atoms with Crippen LogP contribution in [-0.4, -0.2) is 29.8 Å². The molecule has 0 radical (unpaired) electrons. The number of benzene rings is 2.